The van der Waals surface area contributed by atoms with Gasteiger partial charge in [-0.25, -0.2) is 0 Å². The maximum atomic E-state index is 5.69. The smallest absolute Gasteiger partial charge is 0.216 e. The van der Waals surface area contributed by atoms with Crippen molar-refractivity contribution < 1.29 is 9.05 Å². The van der Waals surface area contributed by atoms with Crippen molar-refractivity contribution in [2.24, 2.45) is 0 Å². The molecule has 0 bridgehead atoms. The molecule has 0 fully saturated rings. The third-order valence-corrected chi connectivity index (χ3v) is 3.95. The molecule has 90 valence electrons. The Labute approximate surface area is 103 Å². The van der Waals surface area contributed by atoms with Crippen LogP contribution >= 0.6 is 9.03 Å². The molecule has 0 aromatic heterocycles. The Morgan fingerprint density at radius 3 is 3.06 bits per heavy atom. The zero-order chi connectivity index (χ0) is 11.7. The Morgan fingerprint density at radius 1 is 1.35 bits per heavy atom. The highest BCUT2D eigenvalue weighted by atomic mass is 31.1. The molecule has 17 heavy (non-hydrogen) atoms. The highest BCUT2D eigenvalue weighted by Crippen LogP contribution is 2.36. The van der Waals surface area contributed by atoms with Crippen molar-refractivity contribution in [2.75, 3.05) is 4.90 Å². The minimum Gasteiger partial charge on any atom is -0.457 e. The fourth-order valence-corrected chi connectivity index (χ4v) is 2.98. The van der Waals surface area contributed by atoms with E-state index in [0.29, 0.717) is 6.04 Å². The lowest BCUT2D eigenvalue weighted by Crippen LogP contribution is -2.45. The summed E-state index contributed by atoms with van der Waals surface area (Å²) in [6.45, 7) is 2.26. The van der Waals surface area contributed by atoms with Gasteiger partial charge in [0.05, 0.1) is 6.26 Å². The molecule has 2 heterocycles. The predicted octanol–water partition coefficient (Wildman–Crippen LogP) is 3.22. The van der Waals surface area contributed by atoms with E-state index in [1.165, 1.54) is 17.7 Å². The summed E-state index contributed by atoms with van der Waals surface area (Å²) in [4.78, 5) is 2.35. The lowest BCUT2D eigenvalue weighted by molar-refractivity contribution is 0.214. The van der Waals surface area contributed by atoms with Gasteiger partial charge < -0.3 is 9.42 Å². The summed E-state index contributed by atoms with van der Waals surface area (Å²) in [6, 6.07) is 9.09. The number of benzene rings is 1. The predicted molar refractivity (Wildman–Crippen MR) is 70.1 cm³/mol. The van der Waals surface area contributed by atoms with E-state index in [1.54, 1.807) is 6.26 Å². The van der Waals surface area contributed by atoms with Gasteiger partial charge in [-0.1, -0.05) is 18.2 Å². The zero-order valence-electron chi connectivity index (χ0n) is 9.80. The first-order valence-electron chi connectivity index (χ1n) is 5.95. The van der Waals surface area contributed by atoms with E-state index in [4.69, 9.17) is 9.05 Å². The van der Waals surface area contributed by atoms with Gasteiger partial charge in [-0.05, 0) is 31.4 Å². The summed E-state index contributed by atoms with van der Waals surface area (Å²) in [5.74, 6) is 0. The fourth-order valence-electron chi connectivity index (χ4n) is 2.50. The van der Waals surface area contributed by atoms with E-state index in [-0.39, 0.29) is 15.3 Å². The first-order chi connectivity index (χ1) is 8.36. The van der Waals surface area contributed by atoms with Crippen molar-refractivity contribution in [3.05, 3.63) is 42.2 Å². The van der Waals surface area contributed by atoms with Gasteiger partial charge in [-0.3, -0.25) is 4.52 Å². The summed E-state index contributed by atoms with van der Waals surface area (Å²) >= 11 is 0. The molecular weight excluding hydrogens is 233 g/mol. The molecule has 0 saturated carbocycles. The van der Waals surface area contributed by atoms with E-state index in [2.05, 4.69) is 36.1 Å². The summed E-state index contributed by atoms with van der Waals surface area (Å²) in [6.07, 6.45) is 6.07. The molecule has 0 amide bonds. The van der Waals surface area contributed by atoms with Gasteiger partial charge in [0, 0.05) is 17.8 Å². The molecule has 1 aromatic carbocycles. The summed E-state index contributed by atoms with van der Waals surface area (Å²) in [7, 11) is 0.105. The molecule has 0 N–H and O–H groups in total. The van der Waals surface area contributed by atoms with Gasteiger partial charge in [0.15, 0.2) is 6.23 Å². The molecule has 3 rings (SSSR count). The first-order valence-corrected chi connectivity index (χ1v) is 6.77. The van der Waals surface area contributed by atoms with Crippen LogP contribution in [0.1, 0.15) is 18.9 Å². The van der Waals surface area contributed by atoms with Crippen LogP contribution in [0.4, 0.5) is 5.69 Å². The largest absolute Gasteiger partial charge is 0.457 e. The van der Waals surface area contributed by atoms with Crippen molar-refractivity contribution in [3.63, 3.8) is 0 Å². The van der Waals surface area contributed by atoms with Crippen LogP contribution in [0.25, 0.3) is 0 Å². The van der Waals surface area contributed by atoms with Gasteiger partial charge in [0.1, 0.15) is 0 Å². The fraction of sp³-hybridized carbons (Fsp3) is 0.385. The van der Waals surface area contributed by atoms with Crippen LogP contribution in [-0.4, -0.2) is 12.3 Å². The third-order valence-electron chi connectivity index (χ3n) is 3.38. The van der Waals surface area contributed by atoms with E-state index in [9.17, 15) is 0 Å². The molecule has 3 unspecified atom stereocenters. The summed E-state index contributed by atoms with van der Waals surface area (Å²) in [5, 5.41) is 0. The number of rotatable bonds is 1. The molecule has 4 heteroatoms. The number of para-hydroxylation sites is 1. The standard InChI is InChI=1S/C13H16NO2P/c1-10-6-7-11-4-2-3-5-12(11)14(10)13-8-9-15-17-16-13/h2-5,8-10,13,17H,6-7H2,1H3. The molecule has 3 nitrogen and oxygen atoms in total. The Bertz CT molecular complexity index is 435. The second-order valence-electron chi connectivity index (χ2n) is 4.46. The molecule has 0 saturated heterocycles. The Kier molecular flexibility index (Phi) is 3.04. The Morgan fingerprint density at radius 2 is 2.24 bits per heavy atom. The van der Waals surface area contributed by atoms with Gasteiger partial charge >= 0.3 is 0 Å². The number of anilines is 1. The van der Waals surface area contributed by atoms with Crippen LogP contribution in [0.2, 0.25) is 0 Å². The highest BCUT2D eigenvalue weighted by Gasteiger charge is 2.29. The second kappa shape index (κ2) is 4.67. The second-order valence-corrected chi connectivity index (χ2v) is 5.10. The van der Waals surface area contributed by atoms with Crippen molar-refractivity contribution in [2.45, 2.75) is 32.0 Å². The molecule has 0 spiro atoms. The average Bonchev–Trinajstić information content (AvgIpc) is 2.39. The van der Waals surface area contributed by atoms with Crippen LogP contribution in [0.3, 0.4) is 0 Å². The van der Waals surface area contributed by atoms with Crippen LogP contribution in [-0.2, 0) is 15.5 Å². The number of aryl methyl sites for hydroxylation is 1. The van der Waals surface area contributed by atoms with Crippen LogP contribution in [0, 0.1) is 0 Å². The van der Waals surface area contributed by atoms with E-state index in [1.807, 2.05) is 6.08 Å². The molecule has 0 radical (unpaired) electrons. The highest BCUT2D eigenvalue weighted by molar-refractivity contribution is 7.26. The van der Waals surface area contributed by atoms with Gasteiger partial charge in [0.2, 0.25) is 9.03 Å². The van der Waals surface area contributed by atoms with Gasteiger partial charge in [-0.15, -0.1) is 0 Å². The summed E-state index contributed by atoms with van der Waals surface area (Å²) in [5.41, 5.74) is 2.71. The normalized spacial score (nSPS) is 28.9. The van der Waals surface area contributed by atoms with E-state index in [0.717, 1.165) is 6.42 Å². The molecule has 1 aromatic rings. The number of hydrogen-bond acceptors (Lipinski definition) is 3. The SMILES string of the molecule is CC1CCc2ccccc2N1C1C=COPO1. The number of hydrogen-bond donors (Lipinski definition) is 0. The first kappa shape index (κ1) is 11.1. The van der Waals surface area contributed by atoms with Gasteiger partial charge in [0.25, 0.3) is 0 Å². The van der Waals surface area contributed by atoms with Crippen molar-refractivity contribution >= 4 is 14.7 Å². The summed E-state index contributed by atoms with van der Waals surface area (Å²) < 4.78 is 10.8. The minimum absolute atomic E-state index is 0.0125. The van der Waals surface area contributed by atoms with E-state index >= 15 is 0 Å². The Hall–Kier alpha value is -1.05. The van der Waals surface area contributed by atoms with Crippen molar-refractivity contribution in [1.29, 1.82) is 0 Å². The zero-order valence-corrected chi connectivity index (χ0v) is 10.8. The minimum atomic E-state index is 0.0125. The van der Waals surface area contributed by atoms with Crippen molar-refractivity contribution in [3.8, 4) is 0 Å². The number of fused-ring (bicyclic) bond motifs is 1. The maximum Gasteiger partial charge on any atom is 0.216 e. The van der Waals surface area contributed by atoms with Gasteiger partial charge in [-0.2, -0.15) is 0 Å². The van der Waals surface area contributed by atoms with E-state index < -0.39 is 0 Å². The molecule has 3 atom stereocenters. The molecule has 2 aliphatic rings. The molecular formula is C13H16NO2P. The quantitative estimate of drug-likeness (QED) is 0.713. The molecule has 0 aliphatic carbocycles. The average molecular weight is 249 g/mol. The lowest BCUT2D eigenvalue weighted by Gasteiger charge is -2.41. The van der Waals surface area contributed by atoms with Crippen LogP contribution in [0.15, 0.2) is 36.6 Å². The number of nitrogens with zero attached hydrogens (tertiary/aromatic N) is 1. The monoisotopic (exact) mass is 249 g/mol. The van der Waals surface area contributed by atoms with Crippen molar-refractivity contribution in [1.82, 2.24) is 0 Å². The topological polar surface area (TPSA) is 21.7 Å². The maximum absolute atomic E-state index is 5.69. The van der Waals surface area contributed by atoms with Crippen LogP contribution in [0.5, 0.6) is 0 Å². The third kappa shape index (κ3) is 2.05. The Balaban J connectivity index is 1.97. The molecule has 2 aliphatic heterocycles. The lowest BCUT2D eigenvalue weighted by atomic mass is 9.96. The van der Waals surface area contributed by atoms with Crippen LogP contribution < -0.4 is 4.90 Å².